The fraction of sp³-hybridized carbons (Fsp3) is 0.364. The Morgan fingerprint density at radius 1 is 1.16 bits per heavy atom. The molecule has 9 heteroatoms. The summed E-state index contributed by atoms with van der Waals surface area (Å²) < 4.78 is 38.1. The van der Waals surface area contributed by atoms with E-state index in [0.29, 0.717) is 50.6 Å². The zero-order valence-corrected chi connectivity index (χ0v) is 17.9. The van der Waals surface area contributed by atoms with E-state index in [1.165, 1.54) is 18.2 Å². The van der Waals surface area contributed by atoms with Crippen molar-refractivity contribution in [3.63, 3.8) is 0 Å². The van der Waals surface area contributed by atoms with Crippen LogP contribution in [0.15, 0.2) is 41.3 Å². The molecule has 31 heavy (non-hydrogen) atoms. The molecule has 2 aromatic carbocycles. The van der Waals surface area contributed by atoms with Gasteiger partial charge >= 0.3 is 0 Å². The largest absolute Gasteiger partial charge is 0.486 e. The molecule has 0 bridgehead atoms. The molecule has 0 aromatic heterocycles. The second kappa shape index (κ2) is 7.26. The van der Waals surface area contributed by atoms with Crippen molar-refractivity contribution >= 4 is 21.8 Å². The molecule has 1 saturated carbocycles. The minimum Gasteiger partial charge on any atom is -0.486 e. The molecular weight excluding hydrogens is 420 g/mol. The highest BCUT2D eigenvalue weighted by molar-refractivity contribution is 7.90. The lowest BCUT2D eigenvalue weighted by atomic mass is 10.1. The minimum absolute atomic E-state index is 0.0832. The van der Waals surface area contributed by atoms with Crippen LogP contribution in [0.3, 0.4) is 0 Å². The van der Waals surface area contributed by atoms with Gasteiger partial charge in [-0.1, -0.05) is 12.1 Å². The molecule has 162 valence electrons. The fourth-order valence-electron chi connectivity index (χ4n) is 4.02. The predicted molar refractivity (Wildman–Crippen MR) is 111 cm³/mol. The topological polar surface area (TPSA) is 93.2 Å². The number of hydrogen-bond donors (Lipinski definition) is 0. The molecule has 5 rings (SSSR count). The van der Waals surface area contributed by atoms with Gasteiger partial charge in [0.25, 0.3) is 21.8 Å². The first-order chi connectivity index (χ1) is 14.9. The zero-order chi connectivity index (χ0) is 21.8. The third-order valence-electron chi connectivity index (χ3n) is 5.75. The molecule has 0 saturated heterocycles. The summed E-state index contributed by atoms with van der Waals surface area (Å²) in [5, 5.41) is 0. The van der Waals surface area contributed by atoms with E-state index in [1.807, 2.05) is 25.1 Å². The molecule has 0 N–H and O–H groups in total. The van der Waals surface area contributed by atoms with Gasteiger partial charge in [0.05, 0.1) is 5.56 Å². The van der Waals surface area contributed by atoms with E-state index in [-0.39, 0.29) is 28.0 Å². The van der Waals surface area contributed by atoms with Crippen molar-refractivity contribution in [2.75, 3.05) is 19.8 Å². The first-order valence-corrected chi connectivity index (χ1v) is 11.8. The van der Waals surface area contributed by atoms with Crippen LogP contribution in [-0.4, -0.2) is 55.2 Å². The number of hydrogen-bond acceptors (Lipinski definition) is 6. The van der Waals surface area contributed by atoms with Gasteiger partial charge in [0, 0.05) is 30.3 Å². The second-order valence-electron chi connectivity index (χ2n) is 7.81. The SMILES string of the molecule is CCN(Cc1cccc2c1OCCO2)C(=O)c1ccc2c(c1)S(=O)(=O)N(C1CC1)C2=O. The number of fused-ring (bicyclic) bond motifs is 2. The highest BCUT2D eigenvalue weighted by Gasteiger charge is 2.48. The smallest absolute Gasteiger partial charge is 0.269 e. The molecule has 3 aliphatic rings. The van der Waals surface area contributed by atoms with E-state index in [2.05, 4.69) is 0 Å². The standard InChI is InChI=1S/C22H22N2O6S/c1-2-23(13-15-4-3-5-18-20(15)30-11-10-29-18)21(25)14-6-9-17-19(12-14)31(27,28)24(22(17)26)16-7-8-16/h3-6,9,12,16H,2,7-8,10-11,13H2,1H3. The molecular formula is C22H22N2O6S. The maximum absolute atomic E-state index is 13.2. The molecule has 2 aliphatic heterocycles. The quantitative estimate of drug-likeness (QED) is 0.706. The highest BCUT2D eigenvalue weighted by Crippen LogP contribution is 2.40. The lowest BCUT2D eigenvalue weighted by Gasteiger charge is -2.25. The average Bonchev–Trinajstić information content (AvgIpc) is 3.58. The van der Waals surface area contributed by atoms with Crippen LogP contribution in [0.1, 0.15) is 46.0 Å². The summed E-state index contributed by atoms with van der Waals surface area (Å²) in [7, 11) is -3.92. The Balaban J connectivity index is 1.44. The lowest BCUT2D eigenvalue weighted by Crippen LogP contribution is -2.32. The molecule has 2 amide bonds. The molecule has 0 atom stereocenters. The molecule has 0 radical (unpaired) electrons. The molecule has 0 unspecified atom stereocenters. The third kappa shape index (κ3) is 3.23. The van der Waals surface area contributed by atoms with Crippen molar-refractivity contribution in [2.45, 2.75) is 37.2 Å². The van der Waals surface area contributed by atoms with Crippen LogP contribution >= 0.6 is 0 Å². The molecule has 8 nitrogen and oxygen atoms in total. The summed E-state index contributed by atoms with van der Waals surface area (Å²) >= 11 is 0. The summed E-state index contributed by atoms with van der Waals surface area (Å²) in [6, 6.07) is 9.58. The van der Waals surface area contributed by atoms with Crippen molar-refractivity contribution in [1.82, 2.24) is 9.21 Å². The number of sulfonamides is 1. The summed E-state index contributed by atoms with van der Waals surface area (Å²) in [6.45, 7) is 3.48. The summed E-state index contributed by atoms with van der Waals surface area (Å²) in [4.78, 5) is 27.3. The predicted octanol–water partition coefficient (Wildman–Crippen LogP) is 2.43. The van der Waals surface area contributed by atoms with Gasteiger partial charge < -0.3 is 14.4 Å². The minimum atomic E-state index is -3.92. The van der Waals surface area contributed by atoms with Crippen LogP contribution in [0, 0.1) is 0 Å². The van der Waals surface area contributed by atoms with Gasteiger partial charge in [-0.25, -0.2) is 12.7 Å². The summed E-state index contributed by atoms with van der Waals surface area (Å²) in [6.07, 6.45) is 1.36. The maximum Gasteiger partial charge on any atom is 0.269 e. The number of nitrogens with zero attached hydrogens (tertiary/aromatic N) is 2. The van der Waals surface area contributed by atoms with E-state index in [9.17, 15) is 18.0 Å². The molecule has 2 aromatic rings. The number of para-hydroxylation sites is 1. The van der Waals surface area contributed by atoms with Crippen LogP contribution in [0.2, 0.25) is 0 Å². The third-order valence-corrected chi connectivity index (χ3v) is 7.63. The molecule has 0 spiro atoms. The van der Waals surface area contributed by atoms with Crippen LogP contribution in [-0.2, 0) is 16.6 Å². The molecule has 1 aliphatic carbocycles. The van der Waals surface area contributed by atoms with Crippen LogP contribution in [0.25, 0.3) is 0 Å². The Morgan fingerprint density at radius 2 is 1.94 bits per heavy atom. The first-order valence-electron chi connectivity index (χ1n) is 10.3. The number of carbonyl (C=O) groups is 2. The summed E-state index contributed by atoms with van der Waals surface area (Å²) in [5.74, 6) is 0.459. The van der Waals surface area contributed by atoms with Gasteiger partial charge in [-0.2, -0.15) is 0 Å². The number of ether oxygens (including phenoxy) is 2. The maximum atomic E-state index is 13.2. The van der Waals surface area contributed by atoms with Gasteiger partial charge in [-0.05, 0) is 44.0 Å². The number of benzene rings is 2. The fourth-order valence-corrected chi connectivity index (χ4v) is 5.87. The number of carbonyl (C=O) groups excluding carboxylic acids is 2. The van der Waals surface area contributed by atoms with Gasteiger partial charge in [-0.3, -0.25) is 9.59 Å². The van der Waals surface area contributed by atoms with Gasteiger partial charge in [-0.15, -0.1) is 0 Å². The summed E-state index contributed by atoms with van der Waals surface area (Å²) in [5.41, 5.74) is 1.18. The van der Waals surface area contributed by atoms with E-state index >= 15 is 0 Å². The Kier molecular flexibility index (Phi) is 4.65. The number of amides is 2. The van der Waals surface area contributed by atoms with Crippen LogP contribution < -0.4 is 9.47 Å². The first kappa shape index (κ1) is 19.9. The molecule has 2 heterocycles. The van der Waals surface area contributed by atoms with Crippen molar-refractivity contribution in [2.24, 2.45) is 0 Å². The van der Waals surface area contributed by atoms with Crippen LogP contribution in [0.5, 0.6) is 11.5 Å². The van der Waals surface area contributed by atoms with Crippen molar-refractivity contribution in [3.8, 4) is 11.5 Å². The Bertz CT molecular complexity index is 1190. The lowest BCUT2D eigenvalue weighted by molar-refractivity contribution is 0.0747. The average molecular weight is 442 g/mol. The number of rotatable bonds is 5. The van der Waals surface area contributed by atoms with Gasteiger partial charge in [0.15, 0.2) is 11.5 Å². The van der Waals surface area contributed by atoms with E-state index < -0.39 is 15.9 Å². The Morgan fingerprint density at radius 3 is 2.68 bits per heavy atom. The van der Waals surface area contributed by atoms with Gasteiger partial charge in [0.2, 0.25) is 0 Å². The van der Waals surface area contributed by atoms with Gasteiger partial charge in [0.1, 0.15) is 18.1 Å². The molecule has 1 fully saturated rings. The second-order valence-corrected chi connectivity index (χ2v) is 9.59. The van der Waals surface area contributed by atoms with Crippen molar-refractivity contribution in [3.05, 3.63) is 53.1 Å². The van der Waals surface area contributed by atoms with E-state index in [4.69, 9.17) is 9.47 Å². The monoisotopic (exact) mass is 442 g/mol. The van der Waals surface area contributed by atoms with E-state index in [0.717, 1.165) is 9.87 Å². The Labute approximate surface area is 180 Å². The van der Waals surface area contributed by atoms with Crippen LogP contribution in [0.4, 0.5) is 0 Å². The zero-order valence-electron chi connectivity index (χ0n) is 17.0. The Hall–Kier alpha value is -3.07. The highest BCUT2D eigenvalue weighted by atomic mass is 32.2. The van der Waals surface area contributed by atoms with Crippen molar-refractivity contribution < 1.29 is 27.5 Å². The van der Waals surface area contributed by atoms with E-state index in [1.54, 1.807) is 4.90 Å². The van der Waals surface area contributed by atoms with Crippen molar-refractivity contribution in [1.29, 1.82) is 0 Å². The normalized spacial score (nSPS) is 18.6.